The van der Waals surface area contributed by atoms with Gasteiger partial charge in [-0.1, -0.05) is 6.42 Å². The molecule has 0 unspecified atom stereocenters. The Labute approximate surface area is 106 Å². The van der Waals surface area contributed by atoms with Crippen LogP contribution in [0, 0.1) is 5.41 Å². The van der Waals surface area contributed by atoms with Crippen molar-refractivity contribution in [1.82, 2.24) is 19.7 Å². The van der Waals surface area contributed by atoms with Gasteiger partial charge in [-0.25, -0.2) is 0 Å². The lowest BCUT2D eigenvalue weighted by Crippen LogP contribution is -2.45. The van der Waals surface area contributed by atoms with Crippen LogP contribution in [0.2, 0.25) is 0 Å². The molecular weight excluding hydrogens is 230 g/mol. The Hall–Kier alpha value is -1.43. The van der Waals surface area contributed by atoms with Crippen molar-refractivity contribution in [3.05, 3.63) is 12.2 Å². The molecule has 1 aromatic rings. The van der Waals surface area contributed by atoms with Crippen LogP contribution in [0.4, 0.5) is 0 Å². The fraction of sp³-hybridized carbons (Fsp3) is 0.750. The summed E-state index contributed by atoms with van der Waals surface area (Å²) in [4.78, 5) is 14.2. The molecule has 18 heavy (non-hydrogen) atoms. The number of carbonyl (C=O) groups excluding carboxylic acids is 1. The van der Waals surface area contributed by atoms with Crippen molar-refractivity contribution in [3.8, 4) is 0 Å². The maximum Gasteiger partial charge on any atom is 0.223 e. The average molecular weight is 249 g/mol. The summed E-state index contributed by atoms with van der Waals surface area (Å²) < 4.78 is 2.01. The maximum atomic E-state index is 12.3. The van der Waals surface area contributed by atoms with Crippen LogP contribution in [0.5, 0.6) is 0 Å². The predicted molar refractivity (Wildman–Crippen MR) is 65.4 cm³/mol. The number of carbonyl (C=O) groups is 1. The van der Waals surface area contributed by atoms with Gasteiger partial charge < -0.3 is 15.2 Å². The molecule has 0 aromatic carbocycles. The summed E-state index contributed by atoms with van der Waals surface area (Å²) in [6.45, 7) is 2.76. The van der Waals surface area contributed by atoms with Crippen LogP contribution in [0.3, 0.4) is 0 Å². The molecule has 1 aliphatic carbocycles. The summed E-state index contributed by atoms with van der Waals surface area (Å²) in [5.41, 5.74) is 5.89. The highest BCUT2D eigenvalue weighted by molar-refractivity contribution is 5.77. The highest BCUT2D eigenvalue weighted by Gasteiger charge is 2.39. The Kier molecular flexibility index (Phi) is 2.81. The van der Waals surface area contributed by atoms with Crippen molar-refractivity contribution in [2.45, 2.75) is 38.8 Å². The van der Waals surface area contributed by atoms with Crippen molar-refractivity contribution in [2.24, 2.45) is 11.1 Å². The molecule has 98 valence electrons. The van der Waals surface area contributed by atoms with Crippen molar-refractivity contribution in [3.63, 3.8) is 0 Å². The van der Waals surface area contributed by atoms with Crippen LogP contribution in [-0.4, -0.2) is 38.7 Å². The van der Waals surface area contributed by atoms with Gasteiger partial charge in [0.1, 0.15) is 6.33 Å². The smallest absolute Gasteiger partial charge is 0.223 e. The zero-order valence-electron chi connectivity index (χ0n) is 10.5. The average Bonchev–Trinajstić information content (AvgIpc) is 2.80. The molecule has 0 atom stereocenters. The fourth-order valence-electron chi connectivity index (χ4n) is 2.84. The van der Waals surface area contributed by atoms with Crippen molar-refractivity contribution in [1.29, 1.82) is 0 Å². The van der Waals surface area contributed by atoms with E-state index in [1.165, 1.54) is 6.42 Å². The minimum absolute atomic E-state index is 0.0855. The van der Waals surface area contributed by atoms with Gasteiger partial charge in [0.25, 0.3) is 0 Å². The van der Waals surface area contributed by atoms with E-state index in [4.69, 9.17) is 5.73 Å². The van der Waals surface area contributed by atoms with Crippen LogP contribution < -0.4 is 5.73 Å². The second kappa shape index (κ2) is 4.35. The Morgan fingerprint density at radius 3 is 2.94 bits per heavy atom. The quantitative estimate of drug-likeness (QED) is 0.826. The molecule has 6 heteroatoms. The first-order chi connectivity index (χ1) is 8.72. The van der Waals surface area contributed by atoms with E-state index in [1.807, 2.05) is 9.47 Å². The molecule has 1 aliphatic heterocycles. The summed E-state index contributed by atoms with van der Waals surface area (Å²) in [7, 11) is 0. The van der Waals surface area contributed by atoms with Gasteiger partial charge in [0.15, 0.2) is 5.82 Å². The maximum absolute atomic E-state index is 12.3. The molecule has 2 N–H and O–H groups in total. The lowest BCUT2D eigenvalue weighted by molar-refractivity contribution is -0.136. The number of nitrogens with zero attached hydrogens (tertiary/aromatic N) is 4. The molecule has 0 bridgehead atoms. The van der Waals surface area contributed by atoms with Gasteiger partial charge in [0, 0.05) is 19.5 Å². The first kappa shape index (κ1) is 11.6. The first-order valence-electron chi connectivity index (χ1n) is 6.57. The Balaban J connectivity index is 1.64. The van der Waals surface area contributed by atoms with Gasteiger partial charge in [-0.3, -0.25) is 4.79 Å². The monoisotopic (exact) mass is 249 g/mol. The topological polar surface area (TPSA) is 77.0 Å². The van der Waals surface area contributed by atoms with E-state index in [9.17, 15) is 4.79 Å². The summed E-state index contributed by atoms with van der Waals surface area (Å²) >= 11 is 0. The van der Waals surface area contributed by atoms with E-state index in [1.54, 1.807) is 6.33 Å². The fourth-order valence-corrected chi connectivity index (χ4v) is 2.84. The van der Waals surface area contributed by atoms with Gasteiger partial charge in [0.05, 0.1) is 6.54 Å². The van der Waals surface area contributed by atoms with Crippen LogP contribution in [-0.2, 0) is 17.9 Å². The number of nitrogens with two attached hydrogens (primary N) is 1. The van der Waals surface area contributed by atoms with E-state index in [-0.39, 0.29) is 11.3 Å². The second-order valence-corrected chi connectivity index (χ2v) is 5.49. The van der Waals surface area contributed by atoms with Gasteiger partial charge in [-0.15, -0.1) is 10.2 Å². The van der Waals surface area contributed by atoms with Crippen LogP contribution in [0.1, 0.15) is 31.5 Å². The zero-order chi connectivity index (χ0) is 12.6. The summed E-state index contributed by atoms with van der Waals surface area (Å²) in [6, 6.07) is 0. The van der Waals surface area contributed by atoms with Crippen molar-refractivity contribution in [2.75, 3.05) is 13.1 Å². The summed E-state index contributed by atoms with van der Waals surface area (Å²) in [5.74, 6) is 1.10. The number of fused-ring (bicyclic) bond motifs is 1. The third-order valence-corrected chi connectivity index (χ3v) is 4.36. The highest BCUT2D eigenvalue weighted by Crippen LogP contribution is 2.43. The zero-order valence-corrected chi connectivity index (χ0v) is 10.5. The molecule has 1 saturated carbocycles. The molecule has 2 heterocycles. The number of amides is 1. The predicted octanol–water partition coefficient (Wildman–Crippen LogP) is 0.139. The van der Waals surface area contributed by atoms with Gasteiger partial charge in [-0.05, 0) is 24.8 Å². The molecular formula is C12H19N5O. The van der Waals surface area contributed by atoms with E-state index in [0.29, 0.717) is 19.5 Å². The minimum Gasteiger partial charge on any atom is -0.333 e. The third-order valence-electron chi connectivity index (χ3n) is 4.36. The first-order valence-corrected chi connectivity index (χ1v) is 6.57. The number of hydrogen-bond acceptors (Lipinski definition) is 4. The van der Waals surface area contributed by atoms with Gasteiger partial charge in [0.2, 0.25) is 5.91 Å². The van der Waals surface area contributed by atoms with Crippen LogP contribution >= 0.6 is 0 Å². The molecule has 1 amide bonds. The summed E-state index contributed by atoms with van der Waals surface area (Å²) in [6.07, 6.45) is 5.72. The molecule has 0 saturated heterocycles. The van der Waals surface area contributed by atoms with Crippen LogP contribution in [0.15, 0.2) is 6.33 Å². The standard InChI is InChI=1S/C12H19N5O/c13-8-12(2-1-3-12)6-11(18)16-4-5-17-9-14-15-10(17)7-16/h9H,1-8,13H2. The van der Waals surface area contributed by atoms with Gasteiger partial charge >= 0.3 is 0 Å². The van der Waals surface area contributed by atoms with E-state index in [0.717, 1.165) is 31.8 Å². The molecule has 1 aromatic heterocycles. The van der Waals surface area contributed by atoms with E-state index >= 15 is 0 Å². The molecule has 0 radical (unpaired) electrons. The number of rotatable bonds is 3. The van der Waals surface area contributed by atoms with Gasteiger partial charge in [-0.2, -0.15) is 0 Å². The number of hydrogen-bond donors (Lipinski definition) is 1. The Morgan fingerprint density at radius 1 is 1.44 bits per heavy atom. The van der Waals surface area contributed by atoms with Crippen LogP contribution in [0.25, 0.3) is 0 Å². The Bertz CT molecular complexity index is 446. The Morgan fingerprint density at radius 2 is 2.28 bits per heavy atom. The van der Waals surface area contributed by atoms with Crippen molar-refractivity contribution >= 4 is 5.91 Å². The summed E-state index contributed by atoms with van der Waals surface area (Å²) in [5, 5.41) is 7.91. The second-order valence-electron chi connectivity index (χ2n) is 5.49. The van der Waals surface area contributed by atoms with E-state index < -0.39 is 0 Å². The lowest BCUT2D eigenvalue weighted by atomic mass is 9.66. The molecule has 0 spiro atoms. The lowest BCUT2D eigenvalue weighted by Gasteiger charge is -2.42. The number of aromatic nitrogens is 3. The minimum atomic E-state index is 0.0855. The third kappa shape index (κ3) is 1.90. The molecule has 1 fully saturated rings. The van der Waals surface area contributed by atoms with Crippen molar-refractivity contribution < 1.29 is 4.79 Å². The molecule has 3 rings (SSSR count). The SMILES string of the molecule is NCC1(CC(=O)N2CCn3cnnc3C2)CCC1. The highest BCUT2D eigenvalue weighted by atomic mass is 16.2. The largest absolute Gasteiger partial charge is 0.333 e. The normalized spacial score (nSPS) is 21.3. The molecule has 2 aliphatic rings. The van der Waals surface area contributed by atoms with E-state index in [2.05, 4.69) is 10.2 Å². The molecule has 6 nitrogen and oxygen atoms in total.